The Morgan fingerprint density at radius 1 is 1.12 bits per heavy atom. The van der Waals surface area contributed by atoms with Gasteiger partial charge in [0.25, 0.3) is 0 Å². The van der Waals surface area contributed by atoms with Crippen molar-refractivity contribution in [2.45, 2.75) is 19.8 Å². The molecule has 0 aromatic heterocycles. The second-order valence-electron chi connectivity index (χ2n) is 7.69. The van der Waals surface area contributed by atoms with Crippen LogP contribution in [-0.2, 0) is 0 Å². The molecule has 0 radical (unpaired) electrons. The minimum Gasteiger partial charge on any atom is -0.493 e. The summed E-state index contributed by atoms with van der Waals surface area (Å²) in [5.74, 6) is 0.145. The third-order valence-corrected chi connectivity index (χ3v) is 5.16. The summed E-state index contributed by atoms with van der Waals surface area (Å²) in [6.45, 7) is 6.58. The van der Waals surface area contributed by atoms with E-state index in [9.17, 15) is 9.18 Å². The Morgan fingerprint density at radius 3 is 2.36 bits per heavy atom. The predicted molar refractivity (Wildman–Crippen MR) is 139 cm³/mol. The molecule has 2 aromatic carbocycles. The molecule has 0 aliphatic heterocycles. The Hall–Kier alpha value is -2.96. The van der Waals surface area contributed by atoms with E-state index in [1.807, 2.05) is 26.2 Å². The maximum Gasteiger partial charge on any atom is 0.323 e. The van der Waals surface area contributed by atoms with Crippen molar-refractivity contribution >= 4 is 44.4 Å². The summed E-state index contributed by atoms with van der Waals surface area (Å²) in [5, 5.41) is 11.8. The highest BCUT2D eigenvalue weighted by molar-refractivity contribution is 7.27. The van der Waals surface area contributed by atoms with Gasteiger partial charge in [0, 0.05) is 37.2 Å². The molecule has 178 valence electrons. The van der Waals surface area contributed by atoms with Gasteiger partial charge < -0.3 is 20.3 Å². The van der Waals surface area contributed by atoms with Crippen LogP contribution in [0.4, 0.5) is 20.6 Å². The Balaban J connectivity index is 2.31. The van der Waals surface area contributed by atoms with Crippen molar-refractivity contribution in [2.24, 2.45) is 5.10 Å². The van der Waals surface area contributed by atoms with E-state index in [-0.39, 0.29) is 17.9 Å². The van der Waals surface area contributed by atoms with Crippen LogP contribution in [0.3, 0.4) is 0 Å². The minimum atomic E-state index is -0.409. The first-order chi connectivity index (χ1) is 15.7. The van der Waals surface area contributed by atoms with Crippen molar-refractivity contribution in [3.8, 4) is 5.75 Å². The standard InChI is InChI=1S/C24H33FN5O2P/c1-6-21(25)23(30(5)26-2)20-16-18(10-13-22(20)32-15-7-14-29(3)4)28-24(31)27-17-8-11-19(33)12-9-17/h8-13,16H,2,6-7,14-15,33H2,1,3-5H3,(H2,27,28,31)/b23-21+. The number of ether oxygens (including phenoxy) is 1. The average Bonchev–Trinajstić information content (AvgIpc) is 2.79. The highest BCUT2D eigenvalue weighted by Crippen LogP contribution is 2.34. The molecule has 2 N–H and O–H groups in total. The molecule has 1 unspecified atom stereocenters. The zero-order valence-electron chi connectivity index (χ0n) is 19.7. The molecule has 2 rings (SSSR count). The number of urea groups is 1. The van der Waals surface area contributed by atoms with E-state index in [0.29, 0.717) is 29.3 Å². The van der Waals surface area contributed by atoms with E-state index in [1.165, 1.54) is 5.01 Å². The summed E-state index contributed by atoms with van der Waals surface area (Å²) in [5.41, 5.74) is 1.88. The Bertz CT molecular complexity index is 979. The monoisotopic (exact) mass is 473 g/mol. The first kappa shape index (κ1) is 26.3. The number of carbonyl (C=O) groups excluding carboxylic acids is 1. The zero-order chi connectivity index (χ0) is 24.4. The van der Waals surface area contributed by atoms with Crippen LogP contribution in [-0.4, -0.2) is 57.0 Å². The second-order valence-corrected chi connectivity index (χ2v) is 8.36. The zero-order valence-corrected chi connectivity index (χ0v) is 20.8. The van der Waals surface area contributed by atoms with Crippen LogP contribution < -0.4 is 20.7 Å². The average molecular weight is 474 g/mol. The molecule has 33 heavy (non-hydrogen) atoms. The van der Waals surface area contributed by atoms with Crippen LogP contribution >= 0.6 is 9.24 Å². The van der Waals surface area contributed by atoms with Crippen molar-refractivity contribution in [3.63, 3.8) is 0 Å². The molecule has 0 saturated heterocycles. The molecular weight excluding hydrogens is 440 g/mol. The number of anilines is 2. The van der Waals surface area contributed by atoms with E-state index < -0.39 is 6.03 Å². The minimum absolute atomic E-state index is 0.180. The summed E-state index contributed by atoms with van der Waals surface area (Å²) in [6.07, 6.45) is 0.994. The van der Waals surface area contributed by atoms with Crippen molar-refractivity contribution < 1.29 is 13.9 Å². The molecule has 2 amide bonds. The number of amides is 2. The molecular formula is C24H33FN5O2P. The van der Waals surface area contributed by atoms with E-state index >= 15 is 0 Å². The Labute approximate surface area is 197 Å². The molecule has 0 heterocycles. The molecule has 0 aliphatic carbocycles. The fraction of sp³-hybridized carbons (Fsp3) is 0.333. The number of carbonyl (C=O) groups is 1. The number of nitrogens with zero attached hydrogens (tertiary/aromatic N) is 3. The summed E-state index contributed by atoms with van der Waals surface area (Å²) in [7, 11) is 8.20. The van der Waals surface area contributed by atoms with Crippen LogP contribution in [0.2, 0.25) is 0 Å². The third kappa shape index (κ3) is 8.15. The fourth-order valence-electron chi connectivity index (χ4n) is 3.08. The highest BCUT2D eigenvalue weighted by atomic mass is 31.0. The van der Waals surface area contributed by atoms with Gasteiger partial charge in [0.2, 0.25) is 0 Å². The van der Waals surface area contributed by atoms with Gasteiger partial charge in [-0.05, 0) is 62.6 Å². The van der Waals surface area contributed by atoms with Crippen LogP contribution in [0.1, 0.15) is 25.3 Å². The van der Waals surface area contributed by atoms with Gasteiger partial charge in [-0.3, -0.25) is 5.01 Å². The number of hydrazone groups is 1. The van der Waals surface area contributed by atoms with E-state index in [2.05, 4.69) is 36.6 Å². The van der Waals surface area contributed by atoms with Crippen molar-refractivity contribution in [1.82, 2.24) is 9.91 Å². The SMILES string of the molecule is C=NN(C)/C(=C(/F)CC)c1cc(NC(=O)Nc2ccc(P)cc2)ccc1OCCCN(C)C. The lowest BCUT2D eigenvalue weighted by atomic mass is 10.1. The molecule has 1 atom stereocenters. The normalized spacial score (nSPS) is 11.6. The molecule has 0 spiro atoms. The molecule has 0 bridgehead atoms. The van der Waals surface area contributed by atoms with Gasteiger partial charge in [0.05, 0.1) is 6.61 Å². The number of halogens is 1. The van der Waals surface area contributed by atoms with Gasteiger partial charge in [-0.2, -0.15) is 5.10 Å². The molecule has 0 saturated carbocycles. The number of hydrogen-bond acceptors (Lipinski definition) is 5. The maximum atomic E-state index is 14.9. The van der Waals surface area contributed by atoms with Gasteiger partial charge in [0.15, 0.2) is 0 Å². The molecule has 2 aromatic rings. The summed E-state index contributed by atoms with van der Waals surface area (Å²) >= 11 is 0. The lowest BCUT2D eigenvalue weighted by Crippen LogP contribution is -2.20. The van der Waals surface area contributed by atoms with Crippen molar-refractivity contribution in [3.05, 3.63) is 53.9 Å². The molecule has 7 nitrogen and oxygen atoms in total. The smallest absolute Gasteiger partial charge is 0.323 e. The maximum absolute atomic E-state index is 14.9. The van der Waals surface area contributed by atoms with Gasteiger partial charge in [-0.25, -0.2) is 9.18 Å². The van der Waals surface area contributed by atoms with E-state index in [0.717, 1.165) is 18.3 Å². The quantitative estimate of drug-likeness (QED) is 0.214. The lowest BCUT2D eigenvalue weighted by Gasteiger charge is -2.22. The van der Waals surface area contributed by atoms with Crippen LogP contribution in [0, 0.1) is 0 Å². The van der Waals surface area contributed by atoms with Gasteiger partial charge in [0.1, 0.15) is 17.3 Å². The number of allylic oxidation sites excluding steroid dienone is 1. The third-order valence-electron chi connectivity index (χ3n) is 4.77. The highest BCUT2D eigenvalue weighted by Gasteiger charge is 2.19. The first-order valence-corrected chi connectivity index (χ1v) is 11.3. The largest absolute Gasteiger partial charge is 0.493 e. The van der Waals surface area contributed by atoms with Gasteiger partial charge in [-0.15, -0.1) is 9.24 Å². The van der Waals surface area contributed by atoms with E-state index in [1.54, 1.807) is 44.3 Å². The first-order valence-electron chi connectivity index (χ1n) is 10.7. The van der Waals surface area contributed by atoms with Crippen LogP contribution in [0.5, 0.6) is 5.75 Å². The lowest BCUT2D eigenvalue weighted by molar-refractivity contribution is 0.262. The van der Waals surface area contributed by atoms with Crippen molar-refractivity contribution in [2.75, 3.05) is 44.9 Å². The fourth-order valence-corrected chi connectivity index (χ4v) is 3.27. The van der Waals surface area contributed by atoms with Crippen molar-refractivity contribution in [1.29, 1.82) is 0 Å². The summed E-state index contributed by atoms with van der Waals surface area (Å²) < 4.78 is 20.9. The molecule has 9 heteroatoms. The number of rotatable bonds is 11. The van der Waals surface area contributed by atoms with Gasteiger partial charge >= 0.3 is 6.03 Å². The second kappa shape index (κ2) is 12.9. The van der Waals surface area contributed by atoms with E-state index in [4.69, 9.17) is 4.74 Å². The predicted octanol–water partition coefficient (Wildman–Crippen LogP) is 4.76. The molecule has 0 aliphatic rings. The molecule has 0 fully saturated rings. The van der Waals surface area contributed by atoms with Crippen LogP contribution in [0.25, 0.3) is 5.70 Å². The number of nitrogens with one attached hydrogen (secondary N) is 2. The van der Waals surface area contributed by atoms with Gasteiger partial charge in [-0.1, -0.05) is 19.1 Å². The Morgan fingerprint density at radius 2 is 1.76 bits per heavy atom. The number of benzene rings is 2. The summed E-state index contributed by atoms with van der Waals surface area (Å²) in [4.78, 5) is 14.6. The summed E-state index contributed by atoms with van der Waals surface area (Å²) in [6, 6.07) is 12.1. The van der Waals surface area contributed by atoms with Crippen LogP contribution in [0.15, 0.2) is 53.4 Å². The Kier molecular flexibility index (Phi) is 10.3. The topological polar surface area (TPSA) is 69.2 Å². The number of hydrogen-bond donors (Lipinski definition) is 2.